The Morgan fingerprint density at radius 2 is 0.862 bits per heavy atom. The topological polar surface area (TPSA) is 74.6 Å². The van der Waals surface area contributed by atoms with E-state index in [-0.39, 0.29) is 32.3 Å². The molecule has 0 aromatic heterocycles. The van der Waals surface area contributed by atoms with Crippen LogP contribution in [0, 0.1) is 0 Å². The van der Waals surface area contributed by atoms with Crippen LogP contribution in [-0.2, 0) is 29.1 Å². The van der Waals surface area contributed by atoms with Crippen LogP contribution in [-0.4, -0.2) is 22.2 Å². The van der Waals surface area contributed by atoms with Gasteiger partial charge in [0, 0.05) is 19.5 Å². The minimum atomic E-state index is -0.746. The summed E-state index contributed by atoms with van der Waals surface area (Å²) < 4.78 is 0. The van der Waals surface area contributed by atoms with Crippen molar-refractivity contribution in [2.24, 2.45) is 0 Å². The van der Waals surface area contributed by atoms with Gasteiger partial charge in [0.15, 0.2) is 0 Å². The number of allylic oxidation sites excluding steroid dienone is 2. The van der Waals surface area contributed by atoms with Gasteiger partial charge in [-0.2, -0.15) is 0 Å². The van der Waals surface area contributed by atoms with Gasteiger partial charge in [0.25, 0.3) is 0 Å². The maximum absolute atomic E-state index is 10.2. The first-order chi connectivity index (χ1) is 13.5. The van der Waals surface area contributed by atoms with Gasteiger partial charge in [0.2, 0.25) is 0 Å². The van der Waals surface area contributed by atoms with E-state index >= 15 is 0 Å². The van der Waals surface area contributed by atoms with Crippen molar-refractivity contribution in [2.75, 3.05) is 0 Å². The fraction of sp³-hybridized carbons (Fsp3) is 0.750. The van der Waals surface area contributed by atoms with Gasteiger partial charge in [-0.15, -0.1) is 0 Å². The van der Waals surface area contributed by atoms with Gasteiger partial charge >= 0.3 is 11.9 Å². The van der Waals surface area contributed by atoms with Crippen LogP contribution >= 0.6 is 0 Å². The fourth-order valence-electron chi connectivity index (χ4n) is 2.69. The van der Waals surface area contributed by atoms with Gasteiger partial charge in [-0.25, -0.2) is 0 Å². The average Bonchev–Trinajstić information content (AvgIpc) is 2.65. The molecule has 29 heavy (non-hydrogen) atoms. The number of unbranched alkanes of at least 4 members (excludes halogenated alkanes) is 12. The maximum atomic E-state index is 10.2. The van der Waals surface area contributed by atoms with Gasteiger partial charge in [-0.05, 0) is 25.7 Å². The van der Waals surface area contributed by atoms with Crippen LogP contribution in [0.2, 0.25) is 0 Å². The molecule has 166 valence electrons. The first kappa shape index (κ1) is 32.7. The van der Waals surface area contributed by atoms with E-state index in [0.29, 0.717) is 0 Å². The Hall–Kier alpha value is -0.957. The molecule has 0 saturated carbocycles. The molecule has 0 radical (unpaired) electrons. The van der Waals surface area contributed by atoms with Crippen LogP contribution in [0.25, 0.3) is 0 Å². The first-order valence-corrected chi connectivity index (χ1v) is 11.3. The molecule has 0 aliphatic heterocycles. The van der Waals surface area contributed by atoms with Gasteiger partial charge in [0.1, 0.15) is 0 Å². The third-order valence-corrected chi connectivity index (χ3v) is 4.37. The van der Waals surface area contributed by atoms with Crippen LogP contribution < -0.4 is 0 Å². The summed E-state index contributed by atoms with van der Waals surface area (Å²) >= 11 is 0. The van der Waals surface area contributed by atoms with E-state index in [1.807, 2.05) is 12.2 Å². The average molecular weight is 462 g/mol. The summed E-state index contributed by atoms with van der Waals surface area (Å²) in [6, 6.07) is 0. The van der Waals surface area contributed by atoms with E-state index in [0.717, 1.165) is 12.8 Å². The maximum Gasteiger partial charge on any atom is 0.307 e. The van der Waals surface area contributed by atoms with Crippen molar-refractivity contribution >= 4 is 11.9 Å². The molecule has 0 aromatic carbocycles. The summed E-state index contributed by atoms with van der Waals surface area (Å²) in [5, 5.41) is 16.7. The summed E-state index contributed by atoms with van der Waals surface area (Å²) in [5.41, 5.74) is 0. The summed E-state index contributed by atoms with van der Waals surface area (Å²) in [4.78, 5) is 20.3. The second kappa shape index (κ2) is 29.2. The number of carboxylic acids is 2. The molecule has 0 fully saturated rings. The SMILES string of the molecule is CCCCCCCCC=CCC(=O)O.CCCCCCCCC=CCC(=O)O.[Zn]. The van der Waals surface area contributed by atoms with Crippen LogP contribution in [0.4, 0.5) is 0 Å². The Balaban J connectivity index is -0.000000451. The van der Waals surface area contributed by atoms with Crippen LogP contribution in [0.15, 0.2) is 24.3 Å². The molecule has 0 bridgehead atoms. The number of carboxylic acid groups (broad SMARTS) is 2. The predicted octanol–water partition coefficient (Wildman–Crippen LogP) is 7.53. The summed E-state index contributed by atoms with van der Waals surface area (Å²) in [7, 11) is 0. The second-order valence-electron chi connectivity index (χ2n) is 7.25. The second-order valence-corrected chi connectivity index (χ2v) is 7.25. The molecular formula is C24H44O4Zn. The summed E-state index contributed by atoms with van der Waals surface area (Å²) in [5.74, 6) is -1.49. The van der Waals surface area contributed by atoms with E-state index in [1.165, 1.54) is 77.0 Å². The van der Waals surface area contributed by atoms with E-state index < -0.39 is 11.9 Å². The molecule has 0 atom stereocenters. The quantitative estimate of drug-likeness (QED) is 0.126. The van der Waals surface area contributed by atoms with Crippen molar-refractivity contribution in [2.45, 2.75) is 117 Å². The molecule has 0 rings (SSSR count). The van der Waals surface area contributed by atoms with Gasteiger partial charge in [-0.1, -0.05) is 102 Å². The molecular weight excluding hydrogens is 418 g/mol. The third-order valence-electron chi connectivity index (χ3n) is 4.37. The molecule has 0 unspecified atom stereocenters. The molecule has 4 nitrogen and oxygen atoms in total. The zero-order valence-corrected chi connectivity index (χ0v) is 22.0. The van der Waals surface area contributed by atoms with Crippen molar-refractivity contribution in [3.05, 3.63) is 24.3 Å². The molecule has 0 heterocycles. The minimum Gasteiger partial charge on any atom is -0.481 e. The molecule has 0 aliphatic rings. The summed E-state index contributed by atoms with van der Waals surface area (Å²) in [6.45, 7) is 4.43. The van der Waals surface area contributed by atoms with Crippen molar-refractivity contribution in [3.8, 4) is 0 Å². The molecule has 0 aliphatic carbocycles. The zero-order chi connectivity index (χ0) is 21.3. The smallest absolute Gasteiger partial charge is 0.307 e. The molecule has 0 aromatic rings. The molecule has 0 saturated heterocycles. The van der Waals surface area contributed by atoms with Gasteiger partial charge in [0.05, 0.1) is 12.8 Å². The molecule has 5 heteroatoms. The number of hydrogen-bond donors (Lipinski definition) is 2. The van der Waals surface area contributed by atoms with Crippen molar-refractivity contribution in [1.29, 1.82) is 0 Å². The third kappa shape index (κ3) is 38.3. The Labute approximate surface area is 192 Å². The Bertz CT molecular complexity index is 368. The predicted molar refractivity (Wildman–Crippen MR) is 119 cm³/mol. The van der Waals surface area contributed by atoms with Gasteiger partial charge < -0.3 is 10.2 Å². The first-order valence-electron chi connectivity index (χ1n) is 11.3. The summed E-state index contributed by atoms with van der Waals surface area (Å²) in [6.07, 6.45) is 25.4. The molecule has 2 N–H and O–H groups in total. The number of aliphatic carboxylic acids is 2. The Kier molecular flexibility index (Phi) is 33.0. The zero-order valence-electron chi connectivity index (χ0n) is 19.0. The minimum absolute atomic E-state index is 0. The number of rotatable bonds is 18. The normalized spacial score (nSPS) is 10.6. The largest absolute Gasteiger partial charge is 0.481 e. The van der Waals surface area contributed by atoms with Crippen molar-refractivity contribution in [3.63, 3.8) is 0 Å². The van der Waals surface area contributed by atoms with E-state index in [1.54, 1.807) is 12.2 Å². The monoisotopic (exact) mass is 460 g/mol. The fourth-order valence-corrected chi connectivity index (χ4v) is 2.69. The van der Waals surface area contributed by atoms with Crippen LogP contribution in [0.1, 0.15) is 117 Å². The van der Waals surface area contributed by atoms with E-state index in [4.69, 9.17) is 10.2 Å². The van der Waals surface area contributed by atoms with Gasteiger partial charge in [-0.3, -0.25) is 9.59 Å². The Morgan fingerprint density at radius 3 is 1.17 bits per heavy atom. The molecule has 0 spiro atoms. The van der Waals surface area contributed by atoms with Crippen LogP contribution in [0.5, 0.6) is 0 Å². The van der Waals surface area contributed by atoms with Crippen molar-refractivity contribution < 1.29 is 39.3 Å². The molecule has 0 amide bonds. The van der Waals surface area contributed by atoms with Crippen molar-refractivity contribution in [1.82, 2.24) is 0 Å². The Morgan fingerprint density at radius 1 is 0.552 bits per heavy atom. The van der Waals surface area contributed by atoms with Crippen LogP contribution in [0.3, 0.4) is 0 Å². The standard InChI is InChI=1S/2C12H22O2.Zn/c2*1-2-3-4-5-6-7-8-9-10-11-12(13)14;/h2*9-10H,2-8,11H2,1H3,(H,13,14);. The van der Waals surface area contributed by atoms with E-state index in [9.17, 15) is 9.59 Å². The number of hydrogen-bond acceptors (Lipinski definition) is 2. The van der Waals surface area contributed by atoms with E-state index in [2.05, 4.69) is 13.8 Å². The number of carbonyl (C=O) groups is 2.